The van der Waals surface area contributed by atoms with Crippen LogP contribution in [-0.4, -0.2) is 25.8 Å². The molecule has 94 valence electrons. The van der Waals surface area contributed by atoms with E-state index in [1.165, 1.54) is 51.5 Å². The van der Waals surface area contributed by atoms with Gasteiger partial charge in [-0.15, -0.1) is 0 Å². The van der Waals surface area contributed by atoms with Crippen LogP contribution in [0.15, 0.2) is 0 Å². The van der Waals surface area contributed by atoms with Crippen LogP contribution < -0.4 is 5.32 Å². The highest BCUT2D eigenvalue weighted by Gasteiger charge is 2.22. The minimum atomic E-state index is 0.644. The van der Waals surface area contributed by atoms with Gasteiger partial charge in [-0.1, -0.05) is 25.7 Å². The first-order chi connectivity index (χ1) is 7.86. The second-order valence-electron chi connectivity index (χ2n) is 5.68. The molecule has 0 aromatic rings. The van der Waals surface area contributed by atoms with Crippen molar-refractivity contribution < 1.29 is 4.74 Å². The summed E-state index contributed by atoms with van der Waals surface area (Å²) in [5, 5.41) is 3.74. The minimum absolute atomic E-state index is 0.644. The third kappa shape index (κ3) is 3.74. The summed E-state index contributed by atoms with van der Waals surface area (Å²) in [6.07, 6.45) is 9.96. The van der Waals surface area contributed by atoms with Crippen LogP contribution in [0.2, 0.25) is 0 Å². The Hall–Kier alpha value is -0.0800. The van der Waals surface area contributed by atoms with Crippen LogP contribution in [0.4, 0.5) is 0 Å². The van der Waals surface area contributed by atoms with Crippen LogP contribution in [0.3, 0.4) is 0 Å². The van der Waals surface area contributed by atoms with E-state index in [0.717, 1.165) is 25.0 Å². The molecule has 1 aliphatic heterocycles. The van der Waals surface area contributed by atoms with Crippen LogP contribution in [-0.2, 0) is 4.74 Å². The second-order valence-corrected chi connectivity index (χ2v) is 5.68. The van der Waals surface area contributed by atoms with Gasteiger partial charge in [0, 0.05) is 12.6 Å². The first-order valence-corrected chi connectivity index (χ1v) is 7.17. The van der Waals surface area contributed by atoms with E-state index in [1.807, 2.05) is 0 Å². The van der Waals surface area contributed by atoms with Gasteiger partial charge < -0.3 is 10.1 Å². The summed E-state index contributed by atoms with van der Waals surface area (Å²) in [6.45, 7) is 5.51. The molecule has 1 saturated heterocycles. The average Bonchev–Trinajstić information content (AvgIpc) is 2.71. The lowest BCUT2D eigenvalue weighted by molar-refractivity contribution is 0.177. The molecule has 2 atom stereocenters. The van der Waals surface area contributed by atoms with Gasteiger partial charge in [0.25, 0.3) is 0 Å². The molecule has 1 saturated carbocycles. The maximum atomic E-state index is 5.45. The van der Waals surface area contributed by atoms with Crippen molar-refractivity contribution in [1.82, 2.24) is 5.32 Å². The maximum Gasteiger partial charge on any atom is 0.0509 e. The number of hydrogen-bond acceptors (Lipinski definition) is 2. The molecule has 1 aliphatic carbocycles. The molecule has 2 fully saturated rings. The Bertz CT molecular complexity index is 179. The van der Waals surface area contributed by atoms with Gasteiger partial charge in [-0.2, -0.15) is 0 Å². The van der Waals surface area contributed by atoms with Crippen molar-refractivity contribution in [3.8, 4) is 0 Å². The van der Waals surface area contributed by atoms with E-state index < -0.39 is 0 Å². The minimum Gasteiger partial charge on any atom is -0.381 e. The SMILES string of the molecule is CC(NCC1CCCCCC1)C1CCOC1. The van der Waals surface area contributed by atoms with Gasteiger partial charge in [0.2, 0.25) is 0 Å². The lowest BCUT2D eigenvalue weighted by Gasteiger charge is -2.22. The van der Waals surface area contributed by atoms with Crippen LogP contribution >= 0.6 is 0 Å². The maximum absolute atomic E-state index is 5.45. The molecule has 1 heterocycles. The van der Waals surface area contributed by atoms with Gasteiger partial charge in [0.05, 0.1) is 6.61 Å². The molecular formula is C14H27NO. The highest BCUT2D eigenvalue weighted by molar-refractivity contribution is 4.77. The average molecular weight is 225 g/mol. The molecule has 2 aliphatic rings. The van der Waals surface area contributed by atoms with E-state index in [2.05, 4.69) is 12.2 Å². The second kappa shape index (κ2) is 6.61. The normalized spacial score (nSPS) is 30.2. The standard InChI is InChI=1S/C14H27NO/c1-12(14-8-9-16-11-14)15-10-13-6-4-2-3-5-7-13/h12-15H,2-11H2,1H3. The van der Waals surface area contributed by atoms with Crippen molar-refractivity contribution in [1.29, 1.82) is 0 Å². The Labute approximate surface area is 100 Å². The fourth-order valence-electron chi connectivity index (χ4n) is 3.03. The first-order valence-electron chi connectivity index (χ1n) is 7.17. The fraction of sp³-hybridized carbons (Fsp3) is 1.00. The molecule has 2 heteroatoms. The first kappa shape index (κ1) is 12.4. The zero-order valence-electron chi connectivity index (χ0n) is 10.7. The predicted molar refractivity (Wildman–Crippen MR) is 67.6 cm³/mol. The lowest BCUT2D eigenvalue weighted by Crippen LogP contribution is -2.37. The quantitative estimate of drug-likeness (QED) is 0.743. The van der Waals surface area contributed by atoms with E-state index in [-0.39, 0.29) is 0 Å². The Morgan fingerprint density at radius 1 is 1.12 bits per heavy atom. The molecule has 2 nitrogen and oxygen atoms in total. The van der Waals surface area contributed by atoms with Gasteiger partial charge in [-0.25, -0.2) is 0 Å². The van der Waals surface area contributed by atoms with Crippen molar-refractivity contribution in [2.45, 2.75) is 57.9 Å². The summed E-state index contributed by atoms with van der Waals surface area (Å²) >= 11 is 0. The van der Waals surface area contributed by atoms with Gasteiger partial charge in [-0.05, 0) is 44.6 Å². The molecular weight excluding hydrogens is 198 g/mol. The van der Waals surface area contributed by atoms with Crippen LogP contribution in [0.25, 0.3) is 0 Å². The molecule has 2 rings (SSSR count). The lowest BCUT2D eigenvalue weighted by atomic mass is 9.97. The Morgan fingerprint density at radius 2 is 1.88 bits per heavy atom. The van der Waals surface area contributed by atoms with Crippen LogP contribution in [0.1, 0.15) is 51.9 Å². The number of ether oxygens (including phenoxy) is 1. The number of rotatable bonds is 4. The summed E-state index contributed by atoms with van der Waals surface area (Å²) in [7, 11) is 0. The summed E-state index contributed by atoms with van der Waals surface area (Å²) in [4.78, 5) is 0. The summed E-state index contributed by atoms with van der Waals surface area (Å²) in [5.74, 6) is 1.69. The smallest absolute Gasteiger partial charge is 0.0509 e. The van der Waals surface area contributed by atoms with Gasteiger partial charge in [0.15, 0.2) is 0 Å². The predicted octanol–water partition coefficient (Wildman–Crippen LogP) is 2.97. The number of nitrogens with one attached hydrogen (secondary N) is 1. The van der Waals surface area contributed by atoms with E-state index in [1.54, 1.807) is 0 Å². The zero-order valence-corrected chi connectivity index (χ0v) is 10.7. The van der Waals surface area contributed by atoms with Crippen molar-refractivity contribution >= 4 is 0 Å². The Morgan fingerprint density at radius 3 is 2.50 bits per heavy atom. The molecule has 0 spiro atoms. The molecule has 0 radical (unpaired) electrons. The molecule has 2 unspecified atom stereocenters. The van der Waals surface area contributed by atoms with Crippen molar-refractivity contribution in [2.75, 3.05) is 19.8 Å². The largest absolute Gasteiger partial charge is 0.381 e. The van der Waals surface area contributed by atoms with Crippen LogP contribution in [0.5, 0.6) is 0 Å². The Kier molecular flexibility index (Phi) is 5.11. The molecule has 16 heavy (non-hydrogen) atoms. The highest BCUT2D eigenvalue weighted by atomic mass is 16.5. The van der Waals surface area contributed by atoms with E-state index >= 15 is 0 Å². The molecule has 0 aromatic carbocycles. The van der Waals surface area contributed by atoms with Crippen molar-refractivity contribution in [2.24, 2.45) is 11.8 Å². The molecule has 0 bridgehead atoms. The molecule has 1 N–H and O–H groups in total. The van der Waals surface area contributed by atoms with E-state index in [0.29, 0.717) is 6.04 Å². The summed E-state index contributed by atoms with van der Waals surface area (Å²) in [6, 6.07) is 0.644. The van der Waals surface area contributed by atoms with Gasteiger partial charge in [-0.3, -0.25) is 0 Å². The number of hydrogen-bond donors (Lipinski definition) is 1. The topological polar surface area (TPSA) is 21.3 Å². The highest BCUT2D eigenvalue weighted by Crippen LogP contribution is 2.23. The van der Waals surface area contributed by atoms with Gasteiger partial charge in [0.1, 0.15) is 0 Å². The molecule has 0 amide bonds. The van der Waals surface area contributed by atoms with Crippen LogP contribution in [0, 0.1) is 11.8 Å². The van der Waals surface area contributed by atoms with E-state index in [4.69, 9.17) is 4.74 Å². The van der Waals surface area contributed by atoms with Crippen molar-refractivity contribution in [3.63, 3.8) is 0 Å². The third-order valence-corrected chi connectivity index (χ3v) is 4.38. The third-order valence-electron chi connectivity index (χ3n) is 4.38. The summed E-state index contributed by atoms with van der Waals surface area (Å²) in [5.41, 5.74) is 0. The summed E-state index contributed by atoms with van der Waals surface area (Å²) < 4.78 is 5.45. The Balaban J connectivity index is 1.64. The molecule has 0 aromatic heterocycles. The van der Waals surface area contributed by atoms with Crippen molar-refractivity contribution in [3.05, 3.63) is 0 Å². The van der Waals surface area contributed by atoms with E-state index in [9.17, 15) is 0 Å². The monoisotopic (exact) mass is 225 g/mol. The van der Waals surface area contributed by atoms with Gasteiger partial charge >= 0.3 is 0 Å². The zero-order chi connectivity index (χ0) is 11.2. The fourth-order valence-corrected chi connectivity index (χ4v) is 3.03.